The third-order valence-electron chi connectivity index (χ3n) is 3.55. The highest BCUT2D eigenvalue weighted by Gasteiger charge is 2.28. The monoisotopic (exact) mass is 255 g/mol. The first-order valence-electron chi connectivity index (χ1n) is 6.49. The van der Waals surface area contributed by atoms with Crippen LogP contribution in [0.5, 0.6) is 5.75 Å². The molecule has 2 atom stereocenters. The van der Waals surface area contributed by atoms with Gasteiger partial charge in [-0.15, -0.1) is 0 Å². The molecular formula is C16H17NO2. The maximum absolute atomic E-state index is 10.1. The molecule has 2 aromatic carbocycles. The summed E-state index contributed by atoms with van der Waals surface area (Å²) >= 11 is 0. The minimum Gasteiger partial charge on any atom is -0.465 e. The molecule has 3 rings (SSSR count). The van der Waals surface area contributed by atoms with Crippen LogP contribution in [-0.2, 0) is 12.8 Å². The smallest absolute Gasteiger partial charge is 0.200 e. The molecule has 1 aliphatic rings. The number of fused-ring (bicyclic) bond motifs is 1. The molecule has 0 fully saturated rings. The van der Waals surface area contributed by atoms with E-state index in [2.05, 4.69) is 0 Å². The van der Waals surface area contributed by atoms with Gasteiger partial charge in [-0.25, -0.2) is 0 Å². The zero-order chi connectivity index (χ0) is 13.2. The van der Waals surface area contributed by atoms with Gasteiger partial charge in [-0.2, -0.15) is 0 Å². The SMILES string of the molecule is Nc1cccc(CC2Cc3ccccc3OC2O)c1. The standard InChI is InChI=1S/C16H17NO2/c17-14-6-3-4-11(9-14)8-13-10-12-5-1-2-7-15(12)19-16(13)18/h1-7,9,13,16,18H,8,10,17H2. The Bertz CT molecular complexity index is 582. The first-order chi connectivity index (χ1) is 9.22. The molecule has 0 saturated heterocycles. The van der Waals surface area contributed by atoms with Gasteiger partial charge in [0.1, 0.15) is 5.75 Å². The van der Waals surface area contributed by atoms with E-state index < -0.39 is 6.29 Å². The Kier molecular flexibility index (Phi) is 3.13. The summed E-state index contributed by atoms with van der Waals surface area (Å²) in [5.41, 5.74) is 8.82. The van der Waals surface area contributed by atoms with E-state index in [1.807, 2.05) is 48.5 Å². The fourth-order valence-corrected chi connectivity index (χ4v) is 2.59. The van der Waals surface area contributed by atoms with Crippen LogP contribution in [-0.4, -0.2) is 11.4 Å². The Hall–Kier alpha value is -2.00. The summed E-state index contributed by atoms with van der Waals surface area (Å²) in [6.45, 7) is 0. The Morgan fingerprint density at radius 2 is 2.00 bits per heavy atom. The summed E-state index contributed by atoms with van der Waals surface area (Å²) in [6, 6.07) is 15.7. The van der Waals surface area contributed by atoms with Crippen LogP contribution in [0, 0.1) is 5.92 Å². The summed E-state index contributed by atoms with van der Waals surface area (Å²) in [6.07, 6.45) is 0.837. The molecule has 0 spiro atoms. The molecule has 3 nitrogen and oxygen atoms in total. The van der Waals surface area contributed by atoms with Crippen LogP contribution in [0.3, 0.4) is 0 Å². The van der Waals surface area contributed by atoms with Gasteiger partial charge in [0.05, 0.1) is 0 Å². The van der Waals surface area contributed by atoms with Crippen molar-refractivity contribution < 1.29 is 9.84 Å². The van der Waals surface area contributed by atoms with Gasteiger partial charge in [-0.1, -0.05) is 30.3 Å². The molecule has 1 heterocycles. The second-order valence-electron chi connectivity index (χ2n) is 5.03. The lowest BCUT2D eigenvalue weighted by Crippen LogP contribution is -2.34. The third kappa shape index (κ3) is 2.56. The summed E-state index contributed by atoms with van der Waals surface area (Å²) in [5.74, 6) is 0.857. The van der Waals surface area contributed by atoms with E-state index in [0.29, 0.717) is 0 Å². The Morgan fingerprint density at radius 3 is 2.84 bits per heavy atom. The van der Waals surface area contributed by atoms with Crippen LogP contribution in [0.2, 0.25) is 0 Å². The van der Waals surface area contributed by atoms with E-state index in [9.17, 15) is 5.11 Å². The highest BCUT2D eigenvalue weighted by atomic mass is 16.6. The van der Waals surface area contributed by atoms with Gasteiger partial charge in [0.2, 0.25) is 6.29 Å². The second-order valence-corrected chi connectivity index (χ2v) is 5.03. The number of aliphatic hydroxyl groups excluding tert-OH is 1. The van der Waals surface area contributed by atoms with Gasteiger partial charge >= 0.3 is 0 Å². The van der Waals surface area contributed by atoms with Crippen molar-refractivity contribution in [1.29, 1.82) is 0 Å². The molecule has 0 bridgehead atoms. The largest absolute Gasteiger partial charge is 0.465 e. The van der Waals surface area contributed by atoms with Crippen LogP contribution in [0.4, 0.5) is 5.69 Å². The first kappa shape index (κ1) is 12.1. The number of ether oxygens (including phenoxy) is 1. The van der Waals surface area contributed by atoms with Crippen LogP contribution in [0.15, 0.2) is 48.5 Å². The summed E-state index contributed by atoms with van der Waals surface area (Å²) in [7, 11) is 0. The van der Waals surface area contributed by atoms with E-state index in [1.165, 1.54) is 0 Å². The predicted octanol–water partition coefficient (Wildman–Crippen LogP) is 2.38. The highest BCUT2D eigenvalue weighted by Crippen LogP contribution is 2.31. The quantitative estimate of drug-likeness (QED) is 0.810. The van der Waals surface area contributed by atoms with Crippen molar-refractivity contribution in [3.8, 4) is 5.75 Å². The Labute approximate surface area is 112 Å². The fraction of sp³-hybridized carbons (Fsp3) is 0.250. The van der Waals surface area contributed by atoms with E-state index in [1.54, 1.807) is 0 Å². The van der Waals surface area contributed by atoms with E-state index in [0.717, 1.165) is 35.4 Å². The molecule has 0 aromatic heterocycles. The van der Waals surface area contributed by atoms with Crippen LogP contribution < -0.4 is 10.5 Å². The molecule has 98 valence electrons. The number of benzene rings is 2. The maximum atomic E-state index is 10.1. The minimum atomic E-state index is -0.753. The average Bonchev–Trinajstić information content (AvgIpc) is 2.40. The van der Waals surface area contributed by atoms with Crippen molar-refractivity contribution in [1.82, 2.24) is 0 Å². The zero-order valence-corrected chi connectivity index (χ0v) is 10.6. The van der Waals surface area contributed by atoms with Gasteiger partial charge < -0.3 is 15.6 Å². The number of nitrogen functional groups attached to an aromatic ring is 1. The molecule has 0 amide bonds. The molecular weight excluding hydrogens is 238 g/mol. The average molecular weight is 255 g/mol. The van der Waals surface area contributed by atoms with Crippen molar-refractivity contribution >= 4 is 5.69 Å². The molecule has 2 unspecified atom stereocenters. The lowest BCUT2D eigenvalue weighted by Gasteiger charge is -2.30. The Balaban J connectivity index is 1.79. The molecule has 1 aliphatic heterocycles. The van der Waals surface area contributed by atoms with Crippen LogP contribution in [0.25, 0.3) is 0 Å². The minimum absolute atomic E-state index is 0.0664. The lowest BCUT2D eigenvalue weighted by molar-refractivity contribution is -0.0725. The van der Waals surface area contributed by atoms with Crippen molar-refractivity contribution in [2.45, 2.75) is 19.1 Å². The number of hydrogen-bond acceptors (Lipinski definition) is 3. The number of anilines is 1. The summed E-state index contributed by atoms with van der Waals surface area (Å²) < 4.78 is 5.57. The molecule has 0 radical (unpaired) electrons. The van der Waals surface area contributed by atoms with E-state index in [4.69, 9.17) is 10.5 Å². The molecule has 19 heavy (non-hydrogen) atoms. The maximum Gasteiger partial charge on any atom is 0.200 e. The molecule has 0 aliphatic carbocycles. The number of nitrogens with two attached hydrogens (primary N) is 1. The molecule has 3 N–H and O–H groups in total. The second kappa shape index (κ2) is 4.94. The van der Waals surface area contributed by atoms with Gasteiger partial charge in [0.25, 0.3) is 0 Å². The van der Waals surface area contributed by atoms with Crippen molar-refractivity contribution in [2.24, 2.45) is 5.92 Å². The van der Waals surface area contributed by atoms with Crippen LogP contribution in [0.1, 0.15) is 11.1 Å². The number of aliphatic hydroxyl groups is 1. The lowest BCUT2D eigenvalue weighted by atomic mass is 9.89. The van der Waals surface area contributed by atoms with Gasteiger partial charge in [0.15, 0.2) is 0 Å². The highest BCUT2D eigenvalue weighted by molar-refractivity contribution is 5.41. The topological polar surface area (TPSA) is 55.5 Å². The molecule has 2 aromatic rings. The van der Waals surface area contributed by atoms with Crippen molar-refractivity contribution in [3.63, 3.8) is 0 Å². The number of hydrogen-bond donors (Lipinski definition) is 2. The van der Waals surface area contributed by atoms with Gasteiger partial charge in [-0.3, -0.25) is 0 Å². The van der Waals surface area contributed by atoms with E-state index >= 15 is 0 Å². The molecule has 0 saturated carbocycles. The van der Waals surface area contributed by atoms with Crippen LogP contribution >= 0.6 is 0 Å². The summed E-state index contributed by atoms with van der Waals surface area (Å²) in [4.78, 5) is 0. The van der Waals surface area contributed by atoms with E-state index in [-0.39, 0.29) is 5.92 Å². The summed E-state index contributed by atoms with van der Waals surface area (Å²) in [5, 5.41) is 10.1. The first-order valence-corrected chi connectivity index (χ1v) is 6.49. The zero-order valence-electron chi connectivity index (χ0n) is 10.6. The van der Waals surface area contributed by atoms with Gasteiger partial charge in [0, 0.05) is 11.6 Å². The Morgan fingerprint density at radius 1 is 1.16 bits per heavy atom. The number of para-hydroxylation sites is 1. The van der Waals surface area contributed by atoms with Gasteiger partial charge in [-0.05, 0) is 42.2 Å². The van der Waals surface area contributed by atoms with Crippen molar-refractivity contribution in [2.75, 3.05) is 5.73 Å². The molecule has 3 heteroatoms. The number of rotatable bonds is 2. The normalized spacial score (nSPS) is 21.5. The van der Waals surface area contributed by atoms with Crippen molar-refractivity contribution in [3.05, 3.63) is 59.7 Å². The third-order valence-corrected chi connectivity index (χ3v) is 3.55. The fourth-order valence-electron chi connectivity index (χ4n) is 2.59. The predicted molar refractivity (Wildman–Crippen MR) is 74.8 cm³/mol.